The van der Waals surface area contributed by atoms with Gasteiger partial charge < -0.3 is 18.6 Å². The second kappa shape index (κ2) is 11.8. The average Bonchev–Trinajstić information content (AvgIpc) is 2.82. The fraction of sp³-hybridized carbons (Fsp3) is 0.296. The van der Waals surface area contributed by atoms with E-state index in [9.17, 15) is 4.79 Å². The molecule has 6 heteroatoms. The molecule has 0 amide bonds. The first-order chi connectivity index (χ1) is 16.0. The Kier molecular flexibility index (Phi) is 8.56. The van der Waals surface area contributed by atoms with Crippen molar-refractivity contribution in [3.63, 3.8) is 0 Å². The predicted molar refractivity (Wildman–Crippen MR) is 130 cm³/mol. The first-order valence-corrected chi connectivity index (χ1v) is 10.7. The van der Waals surface area contributed by atoms with Crippen molar-refractivity contribution in [2.24, 2.45) is 0 Å². The van der Waals surface area contributed by atoms with Gasteiger partial charge in [-0.1, -0.05) is 17.9 Å². The van der Waals surface area contributed by atoms with Gasteiger partial charge >= 0.3 is 5.63 Å². The lowest BCUT2D eigenvalue weighted by Gasteiger charge is -2.14. The van der Waals surface area contributed by atoms with Crippen molar-refractivity contribution in [1.29, 1.82) is 0 Å². The summed E-state index contributed by atoms with van der Waals surface area (Å²) >= 11 is 0. The van der Waals surface area contributed by atoms with Crippen molar-refractivity contribution < 1.29 is 18.6 Å². The summed E-state index contributed by atoms with van der Waals surface area (Å²) < 4.78 is 21.6. The zero-order valence-electron chi connectivity index (χ0n) is 19.5. The summed E-state index contributed by atoms with van der Waals surface area (Å²) in [7, 11) is 5.33. The molecule has 172 valence electrons. The zero-order chi connectivity index (χ0) is 23.6. The third-order valence-electron chi connectivity index (χ3n) is 5.10. The van der Waals surface area contributed by atoms with Crippen LogP contribution in [0.25, 0.3) is 11.0 Å². The molecule has 0 unspecified atom stereocenters. The molecule has 1 aromatic heterocycles. The van der Waals surface area contributed by atoms with E-state index in [1.165, 1.54) is 11.6 Å². The summed E-state index contributed by atoms with van der Waals surface area (Å²) in [5, 5.41) is 0.856. The van der Waals surface area contributed by atoms with Crippen molar-refractivity contribution in [1.82, 2.24) is 4.90 Å². The van der Waals surface area contributed by atoms with Gasteiger partial charge in [-0.3, -0.25) is 4.90 Å². The molecule has 0 atom stereocenters. The van der Waals surface area contributed by atoms with Crippen LogP contribution in [0.4, 0.5) is 0 Å². The molecule has 0 saturated heterocycles. The lowest BCUT2D eigenvalue weighted by Crippen LogP contribution is -2.21. The monoisotopic (exact) mass is 447 g/mol. The van der Waals surface area contributed by atoms with Crippen LogP contribution in [0.3, 0.4) is 0 Å². The van der Waals surface area contributed by atoms with E-state index in [1.54, 1.807) is 26.4 Å². The van der Waals surface area contributed by atoms with E-state index in [0.717, 1.165) is 35.4 Å². The van der Waals surface area contributed by atoms with Crippen LogP contribution in [0.2, 0.25) is 0 Å². The minimum atomic E-state index is -0.376. The third kappa shape index (κ3) is 7.16. The highest BCUT2D eigenvalue weighted by molar-refractivity contribution is 5.77. The van der Waals surface area contributed by atoms with Crippen molar-refractivity contribution in [3.05, 3.63) is 76.2 Å². The molecule has 33 heavy (non-hydrogen) atoms. The molecular formula is C27H29NO5. The number of allylic oxidation sites excluding steroid dienone is 1. The van der Waals surface area contributed by atoms with Gasteiger partial charge in [0.1, 0.15) is 17.9 Å². The van der Waals surface area contributed by atoms with Gasteiger partial charge in [-0.25, -0.2) is 4.79 Å². The van der Waals surface area contributed by atoms with Gasteiger partial charge in [0, 0.05) is 24.1 Å². The summed E-state index contributed by atoms with van der Waals surface area (Å²) in [4.78, 5) is 13.5. The fourth-order valence-electron chi connectivity index (χ4n) is 3.19. The minimum absolute atomic E-state index is 0.376. The number of methoxy groups -OCH3 is 2. The van der Waals surface area contributed by atoms with Crippen molar-refractivity contribution in [3.8, 4) is 29.1 Å². The smallest absolute Gasteiger partial charge is 0.336 e. The van der Waals surface area contributed by atoms with E-state index >= 15 is 0 Å². The van der Waals surface area contributed by atoms with Crippen LogP contribution in [0, 0.1) is 11.8 Å². The zero-order valence-corrected chi connectivity index (χ0v) is 19.5. The standard InChI is InChI=1S/C27H29NO5/c1-20(14-17-32-23-10-8-22-9-12-27(29)33-25(22)19-23)6-5-15-28(2)16-13-21-7-11-24(30-3)26(18-21)31-4/h7-12,14,18-19H,13,15-17H2,1-4H3/b20-14+. The van der Waals surface area contributed by atoms with Crippen LogP contribution in [-0.2, 0) is 6.42 Å². The Labute approximate surface area is 194 Å². The molecular weight excluding hydrogens is 418 g/mol. The van der Waals surface area contributed by atoms with Crippen LogP contribution >= 0.6 is 0 Å². The lowest BCUT2D eigenvalue weighted by molar-refractivity contribution is 0.353. The van der Waals surface area contributed by atoms with E-state index in [-0.39, 0.29) is 5.63 Å². The van der Waals surface area contributed by atoms with E-state index in [4.69, 9.17) is 18.6 Å². The maximum atomic E-state index is 11.4. The van der Waals surface area contributed by atoms with Crippen LogP contribution in [0.5, 0.6) is 17.2 Å². The second-order valence-electron chi connectivity index (χ2n) is 7.63. The third-order valence-corrected chi connectivity index (χ3v) is 5.10. The number of hydrogen-bond acceptors (Lipinski definition) is 6. The Morgan fingerprint density at radius 1 is 1.06 bits per heavy atom. The summed E-state index contributed by atoms with van der Waals surface area (Å²) in [6, 6.07) is 14.6. The Morgan fingerprint density at radius 2 is 1.85 bits per heavy atom. The number of benzene rings is 2. The summed E-state index contributed by atoms with van der Waals surface area (Å²) in [6.45, 7) is 3.90. The molecule has 6 nitrogen and oxygen atoms in total. The van der Waals surface area contributed by atoms with E-state index in [0.29, 0.717) is 24.5 Å². The molecule has 0 spiro atoms. The van der Waals surface area contributed by atoms with Gasteiger partial charge in [-0.15, -0.1) is 0 Å². The van der Waals surface area contributed by atoms with Gasteiger partial charge in [0.05, 0.1) is 20.8 Å². The molecule has 0 bridgehead atoms. The molecule has 3 aromatic rings. The molecule has 0 saturated carbocycles. The number of fused-ring (bicyclic) bond motifs is 1. The molecule has 0 radical (unpaired) electrons. The number of ether oxygens (including phenoxy) is 3. The van der Waals surface area contributed by atoms with E-state index in [1.807, 2.05) is 37.3 Å². The fourth-order valence-corrected chi connectivity index (χ4v) is 3.19. The van der Waals surface area contributed by atoms with Crippen LogP contribution in [0.15, 0.2) is 69.4 Å². The topological polar surface area (TPSA) is 61.1 Å². The Morgan fingerprint density at radius 3 is 2.64 bits per heavy atom. The first-order valence-electron chi connectivity index (χ1n) is 10.7. The Balaban J connectivity index is 1.45. The Hall–Kier alpha value is -3.69. The maximum absolute atomic E-state index is 11.4. The maximum Gasteiger partial charge on any atom is 0.336 e. The van der Waals surface area contributed by atoms with Crippen molar-refractivity contribution >= 4 is 11.0 Å². The van der Waals surface area contributed by atoms with Crippen LogP contribution in [0.1, 0.15) is 12.5 Å². The Bertz CT molecular complexity index is 1230. The van der Waals surface area contributed by atoms with E-state index in [2.05, 4.69) is 29.9 Å². The second-order valence-corrected chi connectivity index (χ2v) is 7.63. The molecule has 0 fully saturated rings. The lowest BCUT2D eigenvalue weighted by atomic mass is 10.1. The highest BCUT2D eigenvalue weighted by Gasteiger charge is 2.05. The number of likely N-dealkylation sites (N-methyl/N-ethyl adjacent to an activating group) is 1. The largest absolute Gasteiger partial charge is 0.493 e. The quantitative estimate of drug-likeness (QED) is 0.360. The number of nitrogens with zero attached hydrogens (tertiary/aromatic N) is 1. The summed E-state index contributed by atoms with van der Waals surface area (Å²) in [5.41, 5.74) is 2.26. The van der Waals surface area contributed by atoms with E-state index < -0.39 is 0 Å². The molecule has 3 rings (SSSR count). The highest BCUT2D eigenvalue weighted by atomic mass is 16.5. The first kappa shape index (κ1) is 24.0. The molecule has 0 aliphatic rings. The summed E-state index contributed by atoms with van der Waals surface area (Å²) in [6.07, 6.45) is 2.83. The summed E-state index contributed by atoms with van der Waals surface area (Å²) in [5.74, 6) is 8.48. The highest BCUT2D eigenvalue weighted by Crippen LogP contribution is 2.27. The van der Waals surface area contributed by atoms with Crippen LogP contribution in [-0.4, -0.2) is 45.9 Å². The molecule has 0 N–H and O–H groups in total. The van der Waals surface area contributed by atoms with Crippen molar-refractivity contribution in [2.45, 2.75) is 13.3 Å². The predicted octanol–water partition coefficient (Wildman–Crippen LogP) is 4.31. The van der Waals surface area contributed by atoms with Crippen molar-refractivity contribution in [2.75, 3.05) is 41.0 Å². The average molecular weight is 448 g/mol. The van der Waals surface area contributed by atoms with Gasteiger partial charge in [-0.2, -0.15) is 0 Å². The van der Waals surface area contributed by atoms with Gasteiger partial charge in [0.2, 0.25) is 0 Å². The normalized spacial score (nSPS) is 11.2. The molecule has 1 heterocycles. The number of hydrogen-bond donors (Lipinski definition) is 0. The minimum Gasteiger partial charge on any atom is -0.493 e. The molecule has 0 aliphatic carbocycles. The molecule has 0 aliphatic heterocycles. The molecule has 2 aromatic carbocycles. The van der Waals surface area contributed by atoms with Gasteiger partial charge in [0.25, 0.3) is 0 Å². The SMILES string of the molecule is COc1ccc(CCN(C)CC#C/C(C)=C/COc2ccc3ccc(=O)oc3c2)cc1OC. The van der Waals surface area contributed by atoms with Crippen LogP contribution < -0.4 is 19.8 Å². The van der Waals surface area contributed by atoms with Gasteiger partial charge in [0.15, 0.2) is 11.5 Å². The number of rotatable bonds is 9. The van der Waals surface area contributed by atoms with Gasteiger partial charge in [-0.05, 0) is 67.9 Å².